The van der Waals surface area contributed by atoms with Crippen molar-refractivity contribution < 1.29 is 0 Å². The molecule has 0 atom stereocenters. The third kappa shape index (κ3) is 3.59. The van der Waals surface area contributed by atoms with Crippen LogP contribution in [-0.4, -0.2) is 25.5 Å². The summed E-state index contributed by atoms with van der Waals surface area (Å²) in [7, 11) is 1.88. The van der Waals surface area contributed by atoms with Crippen molar-refractivity contribution in [2.24, 2.45) is 12.1 Å². The van der Waals surface area contributed by atoms with Crippen LogP contribution in [0.2, 0.25) is 5.02 Å². The van der Waals surface area contributed by atoms with Gasteiger partial charge in [0.1, 0.15) is 0 Å². The van der Waals surface area contributed by atoms with E-state index in [1.165, 1.54) is 5.56 Å². The maximum Gasteiger partial charge on any atom is 0.244 e. The molecule has 0 fully saturated rings. The Bertz CT molecular complexity index is 1180. The normalized spacial score (nSPS) is 11.8. The molecule has 2 heterocycles. The minimum atomic E-state index is 0.423. The van der Waals surface area contributed by atoms with Gasteiger partial charge in [-0.3, -0.25) is 4.68 Å². The number of hydrogen-bond acceptors (Lipinski definition) is 5. The second-order valence-corrected chi connectivity index (χ2v) is 7.01. The highest BCUT2D eigenvalue weighted by Crippen LogP contribution is 2.29. The van der Waals surface area contributed by atoms with Crippen molar-refractivity contribution in [1.29, 1.82) is 0 Å². The number of nitrogens with zero attached hydrogens (tertiary/aromatic N) is 5. The summed E-state index contributed by atoms with van der Waals surface area (Å²) < 4.78 is 1.77. The van der Waals surface area contributed by atoms with Crippen molar-refractivity contribution in [3.63, 3.8) is 0 Å². The molecule has 0 saturated carbocycles. The lowest BCUT2D eigenvalue weighted by molar-refractivity contribution is 0.759. The highest BCUT2D eigenvalue weighted by molar-refractivity contribution is 6.31. The van der Waals surface area contributed by atoms with E-state index in [0.29, 0.717) is 11.0 Å². The zero-order chi connectivity index (χ0) is 19.7. The Morgan fingerprint density at radius 3 is 2.57 bits per heavy atom. The Labute approximate surface area is 167 Å². The molecule has 0 bridgehead atoms. The number of aryl methyl sites for hydroxylation is 2. The topological polar surface area (TPSA) is 68.0 Å². The fourth-order valence-electron chi connectivity index (χ4n) is 3.00. The lowest BCUT2D eigenvalue weighted by Crippen LogP contribution is -2.07. The second kappa shape index (κ2) is 7.40. The van der Waals surface area contributed by atoms with Crippen molar-refractivity contribution in [2.45, 2.75) is 13.8 Å². The first-order valence-corrected chi connectivity index (χ1v) is 9.22. The van der Waals surface area contributed by atoms with Crippen LogP contribution < -0.4 is 5.43 Å². The van der Waals surface area contributed by atoms with Crippen molar-refractivity contribution in [2.75, 3.05) is 5.43 Å². The highest BCUT2D eigenvalue weighted by atomic mass is 35.5. The maximum absolute atomic E-state index is 6.22. The van der Waals surface area contributed by atoms with Gasteiger partial charge in [0.05, 0.1) is 22.6 Å². The van der Waals surface area contributed by atoms with E-state index in [0.717, 1.165) is 33.6 Å². The third-order valence-corrected chi connectivity index (χ3v) is 4.73. The molecule has 7 heteroatoms. The molecular formula is C21H19ClN6. The molecule has 0 radical (unpaired) electrons. The third-order valence-electron chi connectivity index (χ3n) is 4.50. The van der Waals surface area contributed by atoms with E-state index in [1.54, 1.807) is 10.9 Å². The molecule has 0 aliphatic heterocycles. The number of halogens is 1. The molecule has 0 unspecified atom stereocenters. The maximum atomic E-state index is 6.22. The van der Waals surface area contributed by atoms with Crippen LogP contribution in [0.5, 0.6) is 0 Å². The molecule has 4 aromatic rings. The first-order chi connectivity index (χ1) is 13.5. The lowest BCUT2D eigenvalue weighted by Gasteiger charge is -2.10. The van der Waals surface area contributed by atoms with E-state index in [2.05, 4.69) is 39.7 Å². The van der Waals surface area contributed by atoms with Crippen LogP contribution in [0.25, 0.3) is 22.2 Å². The quantitative estimate of drug-likeness (QED) is 0.400. The summed E-state index contributed by atoms with van der Waals surface area (Å²) in [5.41, 5.74) is 8.48. The van der Waals surface area contributed by atoms with E-state index in [-0.39, 0.29) is 0 Å². The molecule has 1 N–H and O–H groups in total. The number of rotatable bonds is 4. The van der Waals surface area contributed by atoms with Gasteiger partial charge in [-0.05, 0) is 38.1 Å². The molecule has 0 spiro atoms. The molecule has 4 rings (SSSR count). The van der Waals surface area contributed by atoms with E-state index in [9.17, 15) is 0 Å². The van der Waals surface area contributed by atoms with Gasteiger partial charge in [0.25, 0.3) is 0 Å². The molecular weight excluding hydrogens is 372 g/mol. The highest BCUT2D eigenvalue weighted by Gasteiger charge is 2.11. The van der Waals surface area contributed by atoms with Gasteiger partial charge in [0, 0.05) is 29.2 Å². The molecule has 2 aromatic carbocycles. The average Bonchev–Trinajstić information content (AvgIpc) is 3.12. The summed E-state index contributed by atoms with van der Waals surface area (Å²) in [6.45, 7) is 3.97. The molecule has 28 heavy (non-hydrogen) atoms. The van der Waals surface area contributed by atoms with Gasteiger partial charge in [-0.15, -0.1) is 0 Å². The van der Waals surface area contributed by atoms with Crippen LogP contribution in [0.1, 0.15) is 18.2 Å². The first-order valence-electron chi connectivity index (χ1n) is 8.84. The van der Waals surface area contributed by atoms with Gasteiger partial charge in [-0.1, -0.05) is 41.4 Å². The van der Waals surface area contributed by atoms with Crippen molar-refractivity contribution in [3.8, 4) is 11.3 Å². The fourth-order valence-corrected chi connectivity index (χ4v) is 3.17. The van der Waals surface area contributed by atoms with Gasteiger partial charge in [0.2, 0.25) is 5.95 Å². The van der Waals surface area contributed by atoms with Crippen molar-refractivity contribution in [1.82, 2.24) is 19.7 Å². The summed E-state index contributed by atoms with van der Waals surface area (Å²) in [4.78, 5) is 9.29. The molecule has 140 valence electrons. The number of hydrogen-bond donors (Lipinski definition) is 1. The van der Waals surface area contributed by atoms with E-state index >= 15 is 0 Å². The Kier molecular flexibility index (Phi) is 4.79. The fraction of sp³-hybridized carbons (Fsp3) is 0.143. The number of fused-ring (bicyclic) bond motifs is 1. The predicted molar refractivity (Wildman–Crippen MR) is 114 cm³/mol. The average molecular weight is 391 g/mol. The molecule has 0 amide bonds. The van der Waals surface area contributed by atoms with Crippen LogP contribution in [0.4, 0.5) is 5.95 Å². The zero-order valence-electron chi connectivity index (χ0n) is 15.8. The number of hydrazone groups is 1. The Morgan fingerprint density at radius 2 is 1.86 bits per heavy atom. The van der Waals surface area contributed by atoms with E-state index < -0.39 is 0 Å². The van der Waals surface area contributed by atoms with Gasteiger partial charge in [-0.2, -0.15) is 10.2 Å². The summed E-state index contributed by atoms with van der Waals surface area (Å²) in [6, 6.07) is 15.7. The van der Waals surface area contributed by atoms with Crippen LogP contribution in [0, 0.1) is 6.92 Å². The summed E-state index contributed by atoms with van der Waals surface area (Å²) in [5.74, 6) is 0.423. The van der Waals surface area contributed by atoms with Gasteiger partial charge in [-0.25, -0.2) is 15.4 Å². The van der Waals surface area contributed by atoms with Crippen LogP contribution in [0.3, 0.4) is 0 Å². The first kappa shape index (κ1) is 18.1. The van der Waals surface area contributed by atoms with Gasteiger partial charge >= 0.3 is 0 Å². The smallest absolute Gasteiger partial charge is 0.244 e. The monoisotopic (exact) mass is 390 g/mol. The summed E-state index contributed by atoms with van der Waals surface area (Å²) in [5, 5.41) is 10.1. The summed E-state index contributed by atoms with van der Waals surface area (Å²) >= 11 is 6.22. The standard InChI is InChI=1S/C21H19ClN6/c1-13-4-6-15(7-5-13)20-17-12-16(22)8-9-18(17)24-21(25-20)27-26-14(2)19-10-11-23-28(19)3/h4-12H,1-3H3,(H,24,25,27)/b26-14+. The minimum Gasteiger partial charge on any atom is -0.267 e. The largest absolute Gasteiger partial charge is 0.267 e. The van der Waals surface area contributed by atoms with E-state index in [1.807, 2.05) is 50.4 Å². The van der Waals surface area contributed by atoms with Crippen LogP contribution >= 0.6 is 11.6 Å². The van der Waals surface area contributed by atoms with Gasteiger partial charge in [0.15, 0.2) is 0 Å². The molecule has 6 nitrogen and oxygen atoms in total. The molecule has 0 aliphatic rings. The second-order valence-electron chi connectivity index (χ2n) is 6.57. The molecule has 0 aliphatic carbocycles. The predicted octanol–water partition coefficient (Wildman–Crippen LogP) is 4.83. The molecule has 0 saturated heterocycles. The van der Waals surface area contributed by atoms with Crippen molar-refractivity contribution in [3.05, 3.63) is 71.0 Å². The molecule has 2 aromatic heterocycles. The van der Waals surface area contributed by atoms with Crippen molar-refractivity contribution >= 4 is 34.2 Å². The Balaban J connectivity index is 1.78. The summed E-state index contributed by atoms with van der Waals surface area (Å²) in [6.07, 6.45) is 1.74. The number of anilines is 1. The number of nitrogens with one attached hydrogen (secondary N) is 1. The minimum absolute atomic E-state index is 0.423. The van der Waals surface area contributed by atoms with Crippen LogP contribution in [-0.2, 0) is 7.05 Å². The Morgan fingerprint density at radius 1 is 1.07 bits per heavy atom. The van der Waals surface area contributed by atoms with Gasteiger partial charge < -0.3 is 0 Å². The lowest BCUT2D eigenvalue weighted by atomic mass is 10.1. The van der Waals surface area contributed by atoms with Crippen LogP contribution in [0.15, 0.2) is 59.8 Å². The van der Waals surface area contributed by atoms with E-state index in [4.69, 9.17) is 16.6 Å². The zero-order valence-corrected chi connectivity index (χ0v) is 16.6. The number of benzene rings is 2. The number of aromatic nitrogens is 4. The SMILES string of the molecule is C/C(=N\Nc1nc(-c2ccc(C)cc2)c2cc(Cl)ccc2n1)c1ccnn1C. The Hall–Kier alpha value is -3.25.